The lowest BCUT2D eigenvalue weighted by atomic mass is 9.95. The third-order valence-corrected chi connectivity index (χ3v) is 6.00. The van der Waals surface area contributed by atoms with Gasteiger partial charge in [0.25, 0.3) is 0 Å². The number of aliphatic hydroxyl groups excluding tert-OH is 1. The molecule has 2 rings (SSSR count). The van der Waals surface area contributed by atoms with Crippen molar-refractivity contribution in [2.75, 3.05) is 6.54 Å². The van der Waals surface area contributed by atoms with Crippen LogP contribution < -0.4 is 0 Å². The molecule has 0 radical (unpaired) electrons. The summed E-state index contributed by atoms with van der Waals surface area (Å²) in [6.07, 6.45) is 11.4. The minimum Gasteiger partial charge on any atom is -0.481 e. The van der Waals surface area contributed by atoms with Crippen LogP contribution >= 0.6 is 0 Å². The third-order valence-electron chi connectivity index (χ3n) is 6.00. The summed E-state index contributed by atoms with van der Waals surface area (Å²) in [7, 11) is 0. The molecule has 2 N–H and O–H groups in total. The maximum atomic E-state index is 12.2. The van der Waals surface area contributed by atoms with E-state index in [0.717, 1.165) is 44.9 Å². The first kappa shape index (κ1) is 24.1. The molecule has 0 spiro atoms. The van der Waals surface area contributed by atoms with Crippen molar-refractivity contribution in [1.82, 2.24) is 4.90 Å². The number of hydrogen-bond acceptors (Lipinski definition) is 3. The molecule has 1 heterocycles. The van der Waals surface area contributed by atoms with E-state index in [9.17, 15) is 14.7 Å². The average Bonchev–Trinajstić information content (AvgIpc) is 3.08. The van der Waals surface area contributed by atoms with Crippen LogP contribution in [0.1, 0.15) is 70.3 Å². The molecule has 0 aliphatic carbocycles. The van der Waals surface area contributed by atoms with Crippen molar-refractivity contribution in [3.8, 4) is 0 Å². The monoisotopic (exact) mass is 415 g/mol. The highest BCUT2D eigenvalue weighted by Gasteiger charge is 2.28. The van der Waals surface area contributed by atoms with Gasteiger partial charge in [0.15, 0.2) is 0 Å². The molecule has 1 aliphatic heterocycles. The summed E-state index contributed by atoms with van der Waals surface area (Å²) in [5.41, 5.74) is 1.33. The van der Waals surface area contributed by atoms with Crippen LogP contribution in [0.4, 0.5) is 0 Å². The quantitative estimate of drug-likeness (QED) is 0.344. The van der Waals surface area contributed by atoms with Gasteiger partial charge in [0.2, 0.25) is 5.91 Å². The van der Waals surface area contributed by atoms with E-state index in [4.69, 9.17) is 5.11 Å². The third kappa shape index (κ3) is 8.70. The Balaban J connectivity index is 1.70. The Bertz CT molecular complexity index is 673. The first-order valence-electron chi connectivity index (χ1n) is 11.4. The molecule has 1 aliphatic rings. The van der Waals surface area contributed by atoms with Gasteiger partial charge in [0.05, 0.1) is 12.1 Å². The number of carbonyl (C=O) groups is 2. The lowest BCUT2D eigenvalue weighted by Gasteiger charge is -2.23. The zero-order chi connectivity index (χ0) is 21.8. The Labute approximate surface area is 180 Å². The second-order valence-corrected chi connectivity index (χ2v) is 8.48. The van der Waals surface area contributed by atoms with E-state index >= 15 is 0 Å². The van der Waals surface area contributed by atoms with Crippen LogP contribution in [0.2, 0.25) is 0 Å². The van der Waals surface area contributed by atoms with Crippen molar-refractivity contribution in [1.29, 1.82) is 0 Å². The van der Waals surface area contributed by atoms with Crippen molar-refractivity contribution in [2.24, 2.45) is 5.92 Å². The molecule has 0 bridgehead atoms. The minimum absolute atomic E-state index is 0.0719. The number of carbonyl (C=O) groups excluding carboxylic acids is 1. The second-order valence-electron chi connectivity index (χ2n) is 8.48. The van der Waals surface area contributed by atoms with Gasteiger partial charge in [0.1, 0.15) is 0 Å². The van der Waals surface area contributed by atoms with Gasteiger partial charge in [-0.25, -0.2) is 0 Å². The van der Waals surface area contributed by atoms with E-state index in [2.05, 4.69) is 31.2 Å². The molecule has 0 aromatic heterocycles. The van der Waals surface area contributed by atoms with Crippen LogP contribution in [-0.2, 0) is 16.0 Å². The summed E-state index contributed by atoms with van der Waals surface area (Å²) < 4.78 is 0. The molecule has 1 saturated heterocycles. The van der Waals surface area contributed by atoms with Crippen LogP contribution in [0.5, 0.6) is 0 Å². The summed E-state index contributed by atoms with van der Waals surface area (Å²) in [5, 5.41) is 19.2. The smallest absolute Gasteiger partial charge is 0.303 e. The second kappa shape index (κ2) is 13.2. The van der Waals surface area contributed by atoms with E-state index < -0.39 is 12.1 Å². The predicted molar refractivity (Wildman–Crippen MR) is 119 cm³/mol. The number of unbranched alkanes of at least 4 members (excludes halogenated alkanes) is 3. The van der Waals surface area contributed by atoms with E-state index in [-0.39, 0.29) is 24.3 Å². The fourth-order valence-electron chi connectivity index (χ4n) is 4.03. The molecule has 0 saturated carbocycles. The molecule has 5 nitrogen and oxygen atoms in total. The Morgan fingerprint density at radius 3 is 2.63 bits per heavy atom. The largest absolute Gasteiger partial charge is 0.481 e. The highest BCUT2D eigenvalue weighted by atomic mass is 16.4. The van der Waals surface area contributed by atoms with Crippen LogP contribution in [-0.4, -0.2) is 45.7 Å². The van der Waals surface area contributed by atoms with Crippen molar-refractivity contribution in [2.45, 2.75) is 83.3 Å². The maximum absolute atomic E-state index is 12.2. The number of likely N-dealkylation sites (tertiary alicyclic amines) is 1. The number of benzene rings is 1. The summed E-state index contributed by atoms with van der Waals surface area (Å²) in [6.45, 7) is 2.79. The topological polar surface area (TPSA) is 77.8 Å². The number of nitrogens with zero attached hydrogens (tertiary/aromatic N) is 1. The van der Waals surface area contributed by atoms with E-state index in [1.165, 1.54) is 5.56 Å². The Hall–Kier alpha value is -2.14. The summed E-state index contributed by atoms with van der Waals surface area (Å²) in [4.78, 5) is 24.7. The Morgan fingerprint density at radius 2 is 1.90 bits per heavy atom. The SMILES string of the molecule is C[C@H](CCCc1ccccc1)[C@H](O)C=CC1CCC(=O)N1CCCCCCC(=O)O. The molecular formula is C25H37NO4. The fourth-order valence-corrected chi connectivity index (χ4v) is 4.03. The van der Waals surface area contributed by atoms with Gasteiger partial charge in [-0.1, -0.05) is 62.2 Å². The summed E-state index contributed by atoms with van der Waals surface area (Å²) in [6, 6.07) is 10.5. The Morgan fingerprint density at radius 1 is 1.17 bits per heavy atom. The van der Waals surface area contributed by atoms with Crippen molar-refractivity contribution >= 4 is 11.9 Å². The molecule has 1 fully saturated rings. The van der Waals surface area contributed by atoms with Gasteiger partial charge < -0.3 is 15.1 Å². The minimum atomic E-state index is -0.747. The van der Waals surface area contributed by atoms with Crippen molar-refractivity contribution in [3.05, 3.63) is 48.0 Å². The van der Waals surface area contributed by atoms with E-state index in [0.29, 0.717) is 19.4 Å². The number of carboxylic acids is 1. The van der Waals surface area contributed by atoms with Gasteiger partial charge >= 0.3 is 5.97 Å². The number of aliphatic carboxylic acids is 1. The van der Waals surface area contributed by atoms with Gasteiger partial charge in [-0.05, 0) is 50.0 Å². The molecule has 166 valence electrons. The summed E-state index contributed by atoms with van der Waals surface area (Å²) >= 11 is 0. The first-order valence-corrected chi connectivity index (χ1v) is 11.4. The standard InChI is InChI=1S/C25H37NO4/c1-20(10-9-13-21-11-5-4-6-12-21)23(27)17-15-22-16-18-24(28)26(22)19-8-3-2-7-14-25(29)30/h4-6,11-12,15,17,20,22-23,27H,2-3,7-10,13-14,16,18-19H2,1H3,(H,29,30)/t20-,22?,23-/m1/s1. The maximum Gasteiger partial charge on any atom is 0.303 e. The van der Waals surface area contributed by atoms with Gasteiger partial charge in [-0.2, -0.15) is 0 Å². The Kier molecular flexibility index (Phi) is 10.6. The predicted octanol–water partition coefficient (Wildman–Crippen LogP) is 4.59. The highest BCUT2D eigenvalue weighted by Crippen LogP contribution is 2.22. The molecule has 1 aromatic rings. The molecule has 3 atom stereocenters. The van der Waals surface area contributed by atoms with Gasteiger partial charge in [-0.15, -0.1) is 0 Å². The van der Waals surface area contributed by atoms with Crippen LogP contribution in [0.3, 0.4) is 0 Å². The first-order chi connectivity index (χ1) is 14.5. The van der Waals surface area contributed by atoms with E-state index in [1.54, 1.807) is 0 Å². The lowest BCUT2D eigenvalue weighted by molar-refractivity contribution is -0.137. The zero-order valence-electron chi connectivity index (χ0n) is 18.2. The number of aliphatic hydroxyl groups is 1. The van der Waals surface area contributed by atoms with Crippen LogP contribution in [0.15, 0.2) is 42.5 Å². The van der Waals surface area contributed by atoms with Crippen molar-refractivity contribution in [3.63, 3.8) is 0 Å². The molecule has 1 aromatic carbocycles. The van der Waals surface area contributed by atoms with Crippen molar-refractivity contribution < 1.29 is 19.8 Å². The number of rotatable bonds is 14. The molecule has 5 heteroatoms. The zero-order valence-corrected chi connectivity index (χ0v) is 18.2. The lowest BCUT2D eigenvalue weighted by Crippen LogP contribution is -2.33. The normalized spacial score (nSPS) is 18.8. The highest BCUT2D eigenvalue weighted by molar-refractivity contribution is 5.79. The summed E-state index contributed by atoms with van der Waals surface area (Å²) in [5.74, 6) is -0.381. The molecule has 30 heavy (non-hydrogen) atoms. The van der Waals surface area contributed by atoms with Crippen LogP contribution in [0, 0.1) is 5.92 Å². The molecular weight excluding hydrogens is 378 g/mol. The van der Waals surface area contributed by atoms with E-state index in [1.807, 2.05) is 23.1 Å². The van der Waals surface area contributed by atoms with Crippen LogP contribution in [0.25, 0.3) is 0 Å². The number of hydrogen-bond donors (Lipinski definition) is 2. The number of aryl methyl sites for hydroxylation is 1. The average molecular weight is 416 g/mol. The number of carboxylic acid groups (broad SMARTS) is 1. The molecule has 1 unspecified atom stereocenters. The fraction of sp³-hybridized carbons (Fsp3) is 0.600. The van der Waals surface area contributed by atoms with Gasteiger partial charge in [-0.3, -0.25) is 9.59 Å². The number of amides is 1. The molecule has 1 amide bonds. The van der Waals surface area contributed by atoms with Gasteiger partial charge in [0, 0.05) is 19.4 Å².